The van der Waals surface area contributed by atoms with E-state index in [2.05, 4.69) is 30.8 Å². The smallest absolute Gasteiger partial charge is 0.0707 e. The summed E-state index contributed by atoms with van der Waals surface area (Å²) in [6.45, 7) is 5.54. The molecule has 0 spiro atoms. The molecule has 0 bridgehead atoms. The Labute approximate surface area is 126 Å². The third-order valence-electron chi connectivity index (χ3n) is 4.66. The molecule has 1 fully saturated rings. The highest BCUT2D eigenvalue weighted by atomic mass is 16.3. The van der Waals surface area contributed by atoms with Gasteiger partial charge >= 0.3 is 0 Å². The van der Waals surface area contributed by atoms with Crippen molar-refractivity contribution in [2.24, 2.45) is 0 Å². The maximum absolute atomic E-state index is 10.5. The molecular formula is C17H36N2O. The molecule has 3 nitrogen and oxygen atoms in total. The summed E-state index contributed by atoms with van der Waals surface area (Å²) in [7, 11) is 4.34. The number of aliphatic hydroxyl groups excluding tert-OH is 1. The fourth-order valence-electron chi connectivity index (χ4n) is 3.22. The van der Waals surface area contributed by atoms with Crippen LogP contribution in [-0.2, 0) is 0 Å². The number of nitrogens with zero attached hydrogens (tertiary/aromatic N) is 2. The highest BCUT2D eigenvalue weighted by molar-refractivity contribution is 4.82. The molecule has 1 aliphatic heterocycles. The van der Waals surface area contributed by atoms with E-state index in [-0.39, 0.29) is 6.10 Å². The van der Waals surface area contributed by atoms with Crippen molar-refractivity contribution in [1.82, 2.24) is 9.80 Å². The second kappa shape index (κ2) is 10.6. The summed E-state index contributed by atoms with van der Waals surface area (Å²) in [5.74, 6) is 0. The van der Waals surface area contributed by atoms with Crippen molar-refractivity contribution < 1.29 is 5.11 Å². The number of rotatable bonds is 9. The molecule has 0 aliphatic carbocycles. The average molecular weight is 284 g/mol. The molecule has 2 atom stereocenters. The lowest BCUT2D eigenvalue weighted by Crippen LogP contribution is -2.46. The van der Waals surface area contributed by atoms with Gasteiger partial charge in [0.1, 0.15) is 0 Å². The SMILES string of the molecule is CCCCCCCCCC(O)C1CN(C)CCCN1C. The Morgan fingerprint density at radius 2 is 1.65 bits per heavy atom. The zero-order valence-corrected chi connectivity index (χ0v) is 14.0. The molecule has 0 aromatic heterocycles. The molecule has 20 heavy (non-hydrogen) atoms. The van der Waals surface area contributed by atoms with Crippen LogP contribution in [0.15, 0.2) is 0 Å². The summed E-state index contributed by atoms with van der Waals surface area (Å²) < 4.78 is 0. The van der Waals surface area contributed by atoms with Gasteiger partial charge in [-0.25, -0.2) is 0 Å². The predicted molar refractivity (Wildman–Crippen MR) is 87.1 cm³/mol. The van der Waals surface area contributed by atoms with E-state index >= 15 is 0 Å². The monoisotopic (exact) mass is 284 g/mol. The summed E-state index contributed by atoms with van der Waals surface area (Å²) in [6, 6.07) is 0.322. The van der Waals surface area contributed by atoms with Gasteiger partial charge in [0, 0.05) is 12.6 Å². The van der Waals surface area contributed by atoms with Crippen molar-refractivity contribution >= 4 is 0 Å². The van der Waals surface area contributed by atoms with E-state index < -0.39 is 0 Å². The van der Waals surface area contributed by atoms with E-state index in [0.29, 0.717) is 6.04 Å². The first-order chi connectivity index (χ1) is 9.65. The van der Waals surface area contributed by atoms with E-state index in [4.69, 9.17) is 0 Å². The van der Waals surface area contributed by atoms with Gasteiger partial charge in [0.25, 0.3) is 0 Å². The Morgan fingerprint density at radius 3 is 2.35 bits per heavy atom. The molecule has 1 rings (SSSR count). The molecule has 0 saturated carbocycles. The van der Waals surface area contributed by atoms with Gasteiger partial charge in [0.05, 0.1) is 6.10 Å². The minimum absolute atomic E-state index is 0.156. The Hall–Kier alpha value is -0.120. The van der Waals surface area contributed by atoms with E-state index in [1.54, 1.807) is 0 Å². The summed E-state index contributed by atoms with van der Waals surface area (Å²) in [6.07, 6.45) is 11.3. The van der Waals surface area contributed by atoms with E-state index in [1.807, 2.05) is 0 Å². The largest absolute Gasteiger partial charge is 0.391 e. The molecule has 0 radical (unpaired) electrons. The maximum atomic E-state index is 10.5. The molecule has 2 unspecified atom stereocenters. The Balaban J connectivity index is 2.15. The zero-order valence-electron chi connectivity index (χ0n) is 14.0. The van der Waals surface area contributed by atoms with Crippen LogP contribution >= 0.6 is 0 Å². The van der Waals surface area contributed by atoms with Gasteiger partial charge in [0.2, 0.25) is 0 Å². The van der Waals surface area contributed by atoms with Crippen LogP contribution in [0.5, 0.6) is 0 Å². The summed E-state index contributed by atoms with van der Waals surface area (Å²) in [5.41, 5.74) is 0. The Kier molecular flexibility index (Phi) is 9.49. The summed E-state index contributed by atoms with van der Waals surface area (Å²) >= 11 is 0. The molecule has 1 heterocycles. The standard InChI is InChI=1S/C17H36N2O/c1-4-5-6-7-8-9-10-12-17(20)16-15-18(2)13-11-14-19(16)3/h16-17,20H,4-15H2,1-3H3. The molecule has 1 saturated heterocycles. The predicted octanol–water partition coefficient (Wildman–Crippen LogP) is 3.12. The van der Waals surface area contributed by atoms with Gasteiger partial charge in [-0.1, -0.05) is 51.9 Å². The molecule has 120 valence electrons. The van der Waals surface area contributed by atoms with Crippen LogP contribution in [0.2, 0.25) is 0 Å². The number of unbranched alkanes of at least 4 members (excludes halogenated alkanes) is 6. The Bertz CT molecular complexity index is 235. The lowest BCUT2D eigenvalue weighted by Gasteiger charge is -2.31. The van der Waals surface area contributed by atoms with E-state index in [0.717, 1.165) is 26.1 Å². The summed E-state index contributed by atoms with van der Waals surface area (Å²) in [4.78, 5) is 4.72. The van der Waals surface area contributed by atoms with Crippen LogP contribution in [0.3, 0.4) is 0 Å². The molecule has 3 heteroatoms. The zero-order chi connectivity index (χ0) is 14.8. The van der Waals surface area contributed by atoms with Gasteiger partial charge in [0.15, 0.2) is 0 Å². The Morgan fingerprint density at radius 1 is 1.00 bits per heavy atom. The molecule has 0 aromatic carbocycles. The van der Waals surface area contributed by atoms with Crippen LogP contribution in [-0.4, -0.2) is 60.8 Å². The minimum Gasteiger partial charge on any atom is -0.391 e. The minimum atomic E-state index is -0.156. The first-order valence-electron chi connectivity index (χ1n) is 8.72. The molecule has 1 N–H and O–H groups in total. The van der Waals surface area contributed by atoms with Crippen LogP contribution in [0.4, 0.5) is 0 Å². The second-order valence-electron chi connectivity index (χ2n) is 6.64. The topological polar surface area (TPSA) is 26.7 Å². The lowest BCUT2D eigenvalue weighted by atomic mass is 10.0. The van der Waals surface area contributed by atoms with Crippen LogP contribution in [0.25, 0.3) is 0 Å². The molecule has 1 aliphatic rings. The number of hydrogen-bond acceptors (Lipinski definition) is 3. The van der Waals surface area contributed by atoms with Gasteiger partial charge < -0.3 is 10.0 Å². The fraction of sp³-hybridized carbons (Fsp3) is 1.00. The van der Waals surface area contributed by atoms with E-state index in [1.165, 1.54) is 51.4 Å². The van der Waals surface area contributed by atoms with Gasteiger partial charge in [-0.2, -0.15) is 0 Å². The van der Waals surface area contributed by atoms with Crippen molar-refractivity contribution in [3.8, 4) is 0 Å². The van der Waals surface area contributed by atoms with Gasteiger partial charge in [-0.05, 0) is 40.0 Å². The van der Waals surface area contributed by atoms with Gasteiger partial charge in [-0.15, -0.1) is 0 Å². The summed E-state index contributed by atoms with van der Waals surface area (Å²) in [5, 5.41) is 10.5. The first-order valence-corrected chi connectivity index (χ1v) is 8.72. The second-order valence-corrected chi connectivity index (χ2v) is 6.64. The van der Waals surface area contributed by atoms with Gasteiger partial charge in [-0.3, -0.25) is 4.90 Å². The van der Waals surface area contributed by atoms with Crippen LogP contribution < -0.4 is 0 Å². The molecule has 0 amide bonds. The normalized spacial score (nSPS) is 23.7. The number of hydrogen-bond donors (Lipinski definition) is 1. The third kappa shape index (κ3) is 7.05. The number of likely N-dealkylation sites (N-methyl/N-ethyl adjacent to an activating group) is 2. The van der Waals surface area contributed by atoms with Crippen molar-refractivity contribution in [2.75, 3.05) is 33.7 Å². The maximum Gasteiger partial charge on any atom is 0.0707 e. The fourth-order valence-corrected chi connectivity index (χ4v) is 3.22. The number of aliphatic hydroxyl groups is 1. The van der Waals surface area contributed by atoms with Crippen molar-refractivity contribution in [1.29, 1.82) is 0 Å². The van der Waals surface area contributed by atoms with Crippen LogP contribution in [0.1, 0.15) is 64.7 Å². The first kappa shape index (κ1) is 17.9. The van der Waals surface area contributed by atoms with E-state index in [9.17, 15) is 5.11 Å². The quantitative estimate of drug-likeness (QED) is 0.659. The van der Waals surface area contributed by atoms with Crippen molar-refractivity contribution in [2.45, 2.75) is 76.9 Å². The average Bonchev–Trinajstić information content (AvgIpc) is 2.59. The van der Waals surface area contributed by atoms with Crippen molar-refractivity contribution in [3.63, 3.8) is 0 Å². The van der Waals surface area contributed by atoms with Crippen molar-refractivity contribution in [3.05, 3.63) is 0 Å². The van der Waals surface area contributed by atoms with Crippen LogP contribution in [0, 0.1) is 0 Å². The lowest BCUT2D eigenvalue weighted by molar-refractivity contribution is 0.0501. The highest BCUT2D eigenvalue weighted by Crippen LogP contribution is 2.16. The third-order valence-corrected chi connectivity index (χ3v) is 4.66. The molecule has 0 aromatic rings. The highest BCUT2D eigenvalue weighted by Gasteiger charge is 2.26. The molecular weight excluding hydrogens is 248 g/mol.